The summed E-state index contributed by atoms with van der Waals surface area (Å²) in [4.78, 5) is 16.9. The van der Waals surface area contributed by atoms with Gasteiger partial charge in [0.1, 0.15) is 11.6 Å². The third kappa shape index (κ3) is 4.10. The lowest BCUT2D eigenvalue weighted by atomic mass is 9.92. The minimum Gasteiger partial charge on any atom is -0.369 e. The fraction of sp³-hybridized carbons (Fsp3) is 0.333. The molecule has 0 amide bonds. The monoisotopic (exact) mass is 429 g/mol. The molecular weight excluding hydrogens is 412 g/mol. The van der Waals surface area contributed by atoms with E-state index >= 15 is 0 Å². The number of pyridine rings is 1. The maximum absolute atomic E-state index is 14.9. The molecule has 2 N–H and O–H groups in total. The highest BCUT2D eigenvalue weighted by atomic mass is 35.5. The molecule has 0 spiro atoms. The lowest BCUT2D eigenvalue weighted by Crippen LogP contribution is -2.21. The summed E-state index contributed by atoms with van der Waals surface area (Å²) >= 11 is 5.91. The molecule has 10 heteroatoms. The largest absolute Gasteiger partial charge is 0.369 e. The number of nitrogens with one attached hydrogen (secondary N) is 2. The molecule has 6 nitrogen and oxygen atoms in total. The predicted octanol–water partition coefficient (Wildman–Crippen LogP) is 3.95. The molecule has 0 aliphatic carbocycles. The lowest BCUT2D eigenvalue weighted by Gasteiger charge is -2.14. The Morgan fingerprint density at radius 1 is 1.39 bits per heavy atom. The van der Waals surface area contributed by atoms with E-state index in [4.69, 9.17) is 11.6 Å². The smallest absolute Gasteiger partial charge is 0.232 e. The number of hydrogen-bond acceptors (Lipinski definition) is 5. The van der Waals surface area contributed by atoms with Crippen LogP contribution in [0.3, 0.4) is 0 Å². The van der Waals surface area contributed by atoms with Crippen molar-refractivity contribution in [3.05, 3.63) is 52.2 Å². The number of carbonyl (C=O) groups excluding carboxylic acids is 1. The average Bonchev–Trinajstić information content (AvgIpc) is 3.05. The Balaban J connectivity index is 1.95. The molecule has 1 aliphatic rings. The van der Waals surface area contributed by atoms with Gasteiger partial charge in [0, 0.05) is 18.3 Å². The number of fused-ring (bicyclic) bond motifs is 1. The fourth-order valence-corrected chi connectivity index (χ4v) is 4.43. The van der Waals surface area contributed by atoms with Crippen LogP contribution in [0.25, 0.3) is 0 Å². The van der Waals surface area contributed by atoms with E-state index in [2.05, 4.69) is 15.0 Å². The Morgan fingerprint density at radius 2 is 2.14 bits per heavy atom. The maximum Gasteiger partial charge on any atom is 0.232 e. The first kappa shape index (κ1) is 20.5. The summed E-state index contributed by atoms with van der Waals surface area (Å²) in [7, 11) is -3.81. The van der Waals surface area contributed by atoms with E-state index < -0.39 is 44.6 Å². The van der Waals surface area contributed by atoms with Gasteiger partial charge in [-0.25, -0.2) is 22.2 Å². The molecule has 1 aromatic carbocycles. The van der Waals surface area contributed by atoms with Gasteiger partial charge in [-0.15, -0.1) is 0 Å². The second-order valence-corrected chi connectivity index (χ2v) is 8.73. The number of sulfonamides is 1. The number of benzene rings is 1. The van der Waals surface area contributed by atoms with Crippen LogP contribution < -0.4 is 10.0 Å². The number of aromatic nitrogens is 1. The first-order chi connectivity index (χ1) is 13.2. The Bertz CT molecular complexity index is 1030. The van der Waals surface area contributed by atoms with E-state index in [0.29, 0.717) is 29.2 Å². The van der Waals surface area contributed by atoms with Crippen LogP contribution in [0.5, 0.6) is 0 Å². The number of anilines is 2. The van der Waals surface area contributed by atoms with Crippen molar-refractivity contribution in [2.24, 2.45) is 0 Å². The van der Waals surface area contributed by atoms with Crippen LogP contribution in [0.1, 0.15) is 41.6 Å². The van der Waals surface area contributed by atoms with E-state index in [1.165, 1.54) is 12.3 Å². The number of Topliss-reactive ketones (excluding diaryl/α,β-unsaturated/α-hetero) is 1. The molecule has 150 valence electrons. The predicted molar refractivity (Wildman–Crippen MR) is 103 cm³/mol. The summed E-state index contributed by atoms with van der Waals surface area (Å²) in [6, 6.07) is 3.34. The van der Waals surface area contributed by atoms with Crippen LogP contribution in [0.4, 0.5) is 20.3 Å². The highest BCUT2D eigenvalue weighted by molar-refractivity contribution is 7.92. The highest BCUT2D eigenvalue weighted by Gasteiger charge is 2.34. The molecule has 1 aromatic heterocycles. The number of ketones is 1. The summed E-state index contributed by atoms with van der Waals surface area (Å²) in [6.07, 6.45) is 2.43. The fourth-order valence-electron chi connectivity index (χ4n) is 3.00. The van der Waals surface area contributed by atoms with Gasteiger partial charge < -0.3 is 5.32 Å². The van der Waals surface area contributed by atoms with Crippen molar-refractivity contribution in [1.82, 2.24) is 4.98 Å². The molecule has 1 unspecified atom stereocenters. The molecule has 0 saturated heterocycles. The van der Waals surface area contributed by atoms with Crippen molar-refractivity contribution in [2.75, 3.05) is 22.3 Å². The number of unbranched alkanes of at least 4 members (excludes halogenated alkanes) is 1. The molecule has 0 bridgehead atoms. The van der Waals surface area contributed by atoms with Gasteiger partial charge in [-0.3, -0.25) is 9.52 Å². The van der Waals surface area contributed by atoms with Crippen molar-refractivity contribution < 1.29 is 22.0 Å². The topological polar surface area (TPSA) is 88.2 Å². The number of halogens is 3. The Hall–Kier alpha value is -2.26. The quantitative estimate of drug-likeness (QED) is 0.651. The molecule has 2 heterocycles. The van der Waals surface area contributed by atoms with Gasteiger partial charge in [0.15, 0.2) is 11.6 Å². The number of hydrogen-bond donors (Lipinski definition) is 2. The third-order valence-corrected chi connectivity index (χ3v) is 5.98. The van der Waals surface area contributed by atoms with Gasteiger partial charge in [0.05, 0.1) is 27.9 Å². The van der Waals surface area contributed by atoms with Crippen molar-refractivity contribution in [3.8, 4) is 0 Å². The minimum absolute atomic E-state index is 0.104. The van der Waals surface area contributed by atoms with Crippen molar-refractivity contribution in [2.45, 2.75) is 25.7 Å². The zero-order valence-electron chi connectivity index (χ0n) is 14.9. The molecule has 3 rings (SSSR count). The molecule has 28 heavy (non-hydrogen) atoms. The van der Waals surface area contributed by atoms with Crippen LogP contribution in [0.15, 0.2) is 24.4 Å². The normalized spacial score (nSPS) is 15.8. The zero-order chi connectivity index (χ0) is 20.5. The third-order valence-electron chi connectivity index (χ3n) is 4.42. The Kier molecular flexibility index (Phi) is 5.85. The lowest BCUT2D eigenvalue weighted by molar-refractivity contribution is 0.0958. The van der Waals surface area contributed by atoms with E-state index in [-0.39, 0.29) is 12.3 Å². The molecule has 0 fully saturated rings. The summed E-state index contributed by atoms with van der Waals surface area (Å²) < 4.78 is 55.4. The van der Waals surface area contributed by atoms with E-state index in [9.17, 15) is 22.0 Å². The van der Waals surface area contributed by atoms with Gasteiger partial charge in [0.25, 0.3) is 0 Å². The van der Waals surface area contributed by atoms with Crippen LogP contribution in [-0.4, -0.2) is 31.5 Å². The second kappa shape index (κ2) is 8.00. The van der Waals surface area contributed by atoms with Crippen molar-refractivity contribution >= 4 is 38.9 Å². The van der Waals surface area contributed by atoms with Gasteiger partial charge in [-0.2, -0.15) is 0 Å². The van der Waals surface area contributed by atoms with Crippen LogP contribution in [0, 0.1) is 11.6 Å². The molecule has 2 aromatic rings. The molecule has 1 atom stereocenters. The second-order valence-electron chi connectivity index (χ2n) is 6.45. The number of nitrogens with zero attached hydrogens (tertiary/aromatic N) is 1. The van der Waals surface area contributed by atoms with Gasteiger partial charge in [-0.1, -0.05) is 24.9 Å². The standard InChI is InChI=1S/C18H18ClF2N3O3S/c1-2-3-6-28(26,27)24-14-5-4-13(20)15(16(14)21)17(25)12-9-23-18-11(12)7-10(19)8-22-18/h4-5,7-8,12,24H,2-3,6,9H2,1H3,(H,22,23). The molecular formula is C18H18ClF2N3O3S. The van der Waals surface area contributed by atoms with E-state index in [1.807, 2.05) is 6.92 Å². The molecule has 0 radical (unpaired) electrons. The first-order valence-corrected chi connectivity index (χ1v) is 10.7. The molecule has 0 saturated carbocycles. The summed E-state index contributed by atoms with van der Waals surface area (Å²) in [5.74, 6) is -3.80. The first-order valence-electron chi connectivity index (χ1n) is 8.65. The number of carbonyl (C=O) groups is 1. The summed E-state index contributed by atoms with van der Waals surface area (Å²) in [6.45, 7) is 1.92. The SMILES string of the molecule is CCCCS(=O)(=O)Nc1ccc(F)c(C(=O)C2CNc3ncc(Cl)cc32)c1F. The Labute approximate surface area is 166 Å². The van der Waals surface area contributed by atoms with E-state index in [0.717, 1.165) is 12.1 Å². The van der Waals surface area contributed by atoms with Gasteiger partial charge >= 0.3 is 0 Å². The van der Waals surface area contributed by atoms with Crippen LogP contribution in [0.2, 0.25) is 5.02 Å². The Morgan fingerprint density at radius 3 is 2.86 bits per heavy atom. The number of rotatable bonds is 7. The maximum atomic E-state index is 14.9. The van der Waals surface area contributed by atoms with Crippen LogP contribution in [-0.2, 0) is 10.0 Å². The highest BCUT2D eigenvalue weighted by Crippen LogP contribution is 2.35. The van der Waals surface area contributed by atoms with Gasteiger partial charge in [-0.05, 0) is 24.6 Å². The summed E-state index contributed by atoms with van der Waals surface area (Å²) in [5.41, 5.74) is -0.822. The van der Waals surface area contributed by atoms with Crippen LogP contribution >= 0.6 is 11.6 Å². The van der Waals surface area contributed by atoms with Crippen molar-refractivity contribution in [1.29, 1.82) is 0 Å². The van der Waals surface area contributed by atoms with Gasteiger partial charge in [0.2, 0.25) is 10.0 Å². The average molecular weight is 430 g/mol. The molecule has 1 aliphatic heterocycles. The van der Waals surface area contributed by atoms with E-state index in [1.54, 1.807) is 0 Å². The minimum atomic E-state index is -3.81. The zero-order valence-corrected chi connectivity index (χ0v) is 16.5. The summed E-state index contributed by atoms with van der Waals surface area (Å²) in [5, 5.41) is 3.19. The van der Waals surface area contributed by atoms with Crippen molar-refractivity contribution in [3.63, 3.8) is 0 Å².